The van der Waals surface area contributed by atoms with Gasteiger partial charge >= 0.3 is 5.97 Å². The van der Waals surface area contributed by atoms with E-state index in [-0.39, 0.29) is 12.3 Å². The minimum absolute atomic E-state index is 0.272. The van der Waals surface area contributed by atoms with Crippen LogP contribution in [0.15, 0.2) is 36.4 Å². The molecule has 0 saturated carbocycles. The Morgan fingerprint density at radius 2 is 1.74 bits per heavy atom. The molecule has 3 atom stereocenters. The summed E-state index contributed by atoms with van der Waals surface area (Å²) in [7, 11) is 1.50. The van der Waals surface area contributed by atoms with Crippen LogP contribution in [-0.4, -0.2) is 46.6 Å². The summed E-state index contributed by atoms with van der Waals surface area (Å²) in [4.78, 5) is 41.1. The van der Waals surface area contributed by atoms with Crippen molar-refractivity contribution in [2.24, 2.45) is 0 Å². The number of fused-ring (bicyclic) bond motifs is 1. The number of rotatable bonds is 8. The lowest BCUT2D eigenvalue weighted by atomic mass is 10.0. The van der Waals surface area contributed by atoms with E-state index in [1.807, 2.05) is 6.92 Å². The molecule has 0 radical (unpaired) electrons. The fourth-order valence-electron chi connectivity index (χ4n) is 4.02. The molecule has 2 aromatic rings. The number of nitrogens with zero attached hydrogens (tertiary/aromatic N) is 1. The minimum atomic E-state index is -1.31. The molecule has 0 bridgehead atoms. The molecule has 0 saturated heterocycles. The normalized spacial score (nSPS) is 17.8. The van der Waals surface area contributed by atoms with Gasteiger partial charge in [0, 0.05) is 43.1 Å². The second-order valence-electron chi connectivity index (χ2n) is 7.90. The van der Waals surface area contributed by atoms with E-state index in [4.69, 9.17) is 9.47 Å². The zero-order valence-corrected chi connectivity index (χ0v) is 19.9. The van der Waals surface area contributed by atoms with E-state index in [0.717, 1.165) is 6.92 Å². The standard InChI is InChI=1S/C24H29N3O8/c1-5-34-21-10-15(6-9-20(21)33-4)19(12-22(30)26-35-14(3)29)27-23(31)17-8-7-16(25-13(2)28)11-18(17)24(27)32/h6-11,19,23-24,31-32H,5,12H2,1-4H3,(H,25,28)(H,26,30). The van der Waals surface area contributed by atoms with Gasteiger partial charge in [0.1, 0.15) is 12.5 Å². The zero-order chi connectivity index (χ0) is 25.7. The van der Waals surface area contributed by atoms with Crippen LogP contribution in [0.5, 0.6) is 11.5 Å². The molecule has 1 aliphatic heterocycles. The van der Waals surface area contributed by atoms with Gasteiger partial charge in [-0.1, -0.05) is 12.1 Å². The van der Waals surface area contributed by atoms with Gasteiger partial charge in [-0.3, -0.25) is 14.4 Å². The van der Waals surface area contributed by atoms with E-state index in [2.05, 4.69) is 15.6 Å². The maximum atomic E-state index is 12.6. The molecule has 3 rings (SSSR count). The van der Waals surface area contributed by atoms with Gasteiger partial charge in [-0.2, -0.15) is 5.48 Å². The molecule has 11 heteroatoms. The largest absolute Gasteiger partial charge is 0.493 e. The van der Waals surface area contributed by atoms with Crippen molar-refractivity contribution in [1.29, 1.82) is 0 Å². The number of aliphatic hydroxyl groups excluding tert-OH is 2. The Balaban J connectivity index is 2.01. The number of nitrogens with one attached hydrogen (secondary N) is 2. The summed E-state index contributed by atoms with van der Waals surface area (Å²) in [5.74, 6) is -0.724. The van der Waals surface area contributed by atoms with Crippen molar-refractivity contribution >= 4 is 23.5 Å². The Kier molecular flexibility index (Phi) is 8.28. The summed E-state index contributed by atoms with van der Waals surface area (Å²) in [6.45, 7) is 4.69. The molecule has 2 aromatic carbocycles. The molecule has 0 aromatic heterocycles. The number of hydrogen-bond donors (Lipinski definition) is 4. The lowest BCUT2D eigenvalue weighted by Gasteiger charge is -2.33. The highest BCUT2D eigenvalue weighted by Crippen LogP contribution is 2.47. The van der Waals surface area contributed by atoms with Crippen molar-refractivity contribution in [2.45, 2.75) is 45.7 Å². The molecule has 0 spiro atoms. The lowest BCUT2D eigenvalue weighted by Crippen LogP contribution is -2.35. The van der Waals surface area contributed by atoms with Gasteiger partial charge in [0.05, 0.1) is 13.7 Å². The second kappa shape index (κ2) is 11.2. The van der Waals surface area contributed by atoms with Gasteiger partial charge < -0.3 is 29.8 Å². The van der Waals surface area contributed by atoms with Crippen LogP contribution >= 0.6 is 0 Å². The molecule has 188 valence electrons. The molecular weight excluding hydrogens is 458 g/mol. The van der Waals surface area contributed by atoms with Gasteiger partial charge in [-0.25, -0.2) is 4.90 Å². The van der Waals surface area contributed by atoms with Crippen LogP contribution in [-0.2, 0) is 19.2 Å². The third kappa shape index (κ3) is 5.88. The molecule has 1 heterocycles. The molecule has 0 fully saturated rings. The molecule has 4 N–H and O–H groups in total. The fourth-order valence-corrected chi connectivity index (χ4v) is 4.02. The minimum Gasteiger partial charge on any atom is -0.493 e. The average Bonchev–Trinajstić information content (AvgIpc) is 3.05. The van der Waals surface area contributed by atoms with Gasteiger partial charge in [-0.05, 0) is 36.8 Å². The summed E-state index contributed by atoms with van der Waals surface area (Å²) < 4.78 is 11.0. The van der Waals surface area contributed by atoms with Crippen molar-refractivity contribution in [3.63, 3.8) is 0 Å². The predicted octanol–water partition coefficient (Wildman–Crippen LogP) is 2.08. The highest BCUT2D eigenvalue weighted by atomic mass is 16.7. The van der Waals surface area contributed by atoms with Gasteiger partial charge in [0.2, 0.25) is 5.91 Å². The number of aliphatic hydroxyl groups is 2. The SMILES string of the molecule is CCOc1cc(C(CC(=O)NOC(C)=O)N2C(O)c3ccc(NC(C)=O)cc3C2O)ccc1OC. The van der Waals surface area contributed by atoms with E-state index in [0.29, 0.717) is 40.5 Å². The first-order valence-electron chi connectivity index (χ1n) is 11.0. The molecule has 3 unspecified atom stereocenters. The molecule has 11 nitrogen and oxygen atoms in total. The first-order valence-corrected chi connectivity index (χ1v) is 11.0. The van der Waals surface area contributed by atoms with Crippen molar-refractivity contribution in [1.82, 2.24) is 10.4 Å². The summed E-state index contributed by atoms with van der Waals surface area (Å²) in [6, 6.07) is 8.94. The van der Waals surface area contributed by atoms with Crippen molar-refractivity contribution in [2.75, 3.05) is 19.0 Å². The van der Waals surface area contributed by atoms with Gasteiger partial charge in [0.25, 0.3) is 5.91 Å². The van der Waals surface area contributed by atoms with E-state index < -0.39 is 30.4 Å². The van der Waals surface area contributed by atoms with E-state index in [1.165, 1.54) is 18.9 Å². The number of ether oxygens (including phenoxy) is 2. The molecule has 2 amide bonds. The van der Waals surface area contributed by atoms with Gasteiger partial charge in [0.15, 0.2) is 11.5 Å². The number of carbonyl (C=O) groups excluding carboxylic acids is 3. The predicted molar refractivity (Wildman–Crippen MR) is 124 cm³/mol. The quantitative estimate of drug-likeness (QED) is 0.411. The van der Waals surface area contributed by atoms with E-state index in [9.17, 15) is 24.6 Å². The van der Waals surface area contributed by atoms with Crippen LogP contribution < -0.4 is 20.3 Å². The number of benzene rings is 2. The number of hydroxylamine groups is 1. The zero-order valence-electron chi connectivity index (χ0n) is 19.9. The summed E-state index contributed by atoms with van der Waals surface area (Å²) in [5, 5.41) is 25.0. The lowest BCUT2D eigenvalue weighted by molar-refractivity contribution is -0.158. The van der Waals surface area contributed by atoms with Crippen molar-refractivity contribution in [3.8, 4) is 11.5 Å². The number of carbonyl (C=O) groups is 3. The topological polar surface area (TPSA) is 147 Å². The van der Waals surface area contributed by atoms with Crippen molar-refractivity contribution < 1.29 is 38.9 Å². The van der Waals surface area contributed by atoms with Gasteiger partial charge in [-0.15, -0.1) is 0 Å². The van der Waals surface area contributed by atoms with Crippen LogP contribution in [0.25, 0.3) is 0 Å². The smallest absolute Gasteiger partial charge is 0.329 e. The fraction of sp³-hybridized carbons (Fsp3) is 0.375. The second-order valence-corrected chi connectivity index (χ2v) is 7.90. The third-order valence-corrected chi connectivity index (χ3v) is 5.45. The number of amides is 2. The Hall–Kier alpha value is -3.67. The molecule has 0 aliphatic carbocycles. The van der Waals surface area contributed by atoms with Crippen LogP contribution in [0.2, 0.25) is 0 Å². The first kappa shape index (κ1) is 25.9. The Morgan fingerprint density at radius 1 is 1.03 bits per heavy atom. The first-order chi connectivity index (χ1) is 16.7. The highest BCUT2D eigenvalue weighted by Gasteiger charge is 2.42. The van der Waals surface area contributed by atoms with Crippen LogP contribution in [0, 0.1) is 0 Å². The maximum absolute atomic E-state index is 12.6. The van der Waals surface area contributed by atoms with E-state index in [1.54, 1.807) is 36.4 Å². The average molecular weight is 488 g/mol. The van der Waals surface area contributed by atoms with Crippen LogP contribution in [0.3, 0.4) is 0 Å². The Morgan fingerprint density at radius 3 is 2.37 bits per heavy atom. The van der Waals surface area contributed by atoms with E-state index >= 15 is 0 Å². The Bertz CT molecular complexity index is 1110. The third-order valence-electron chi connectivity index (χ3n) is 5.45. The van der Waals surface area contributed by atoms with Crippen molar-refractivity contribution in [3.05, 3.63) is 53.1 Å². The number of hydrogen-bond acceptors (Lipinski definition) is 9. The molecule has 1 aliphatic rings. The molecule has 35 heavy (non-hydrogen) atoms. The summed E-state index contributed by atoms with van der Waals surface area (Å²) >= 11 is 0. The maximum Gasteiger partial charge on any atom is 0.329 e. The summed E-state index contributed by atoms with van der Waals surface area (Å²) in [5.41, 5.74) is 3.87. The highest BCUT2D eigenvalue weighted by molar-refractivity contribution is 5.88. The monoisotopic (exact) mass is 487 g/mol. The Labute approximate surface area is 202 Å². The van der Waals surface area contributed by atoms with Crippen LogP contribution in [0.1, 0.15) is 62.4 Å². The summed E-state index contributed by atoms with van der Waals surface area (Å²) in [6.07, 6.45) is -2.85. The molecular formula is C24H29N3O8. The number of anilines is 1. The van der Waals surface area contributed by atoms with Crippen LogP contribution in [0.4, 0.5) is 5.69 Å². The number of methoxy groups -OCH3 is 1.